The Morgan fingerprint density at radius 3 is 2.54 bits per heavy atom. The van der Waals surface area contributed by atoms with Crippen LogP contribution >= 0.6 is 11.3 Å². The first kappa shape index (κ1) is 18.9. The first-order chi connectivity index (χ1) is 13.5. The van der Waals surface area contributed by atoms with Crippen molar-refractivity contribution in [3.63, 3.8) is 0 Å². The second kappa shape index (κ2) is 7.89. The van der Waals surface area contributed by atoms with Crippen LogP contribution in [0, 0.1) is 12.8 Å². The number of carbonyl (C=O) groups excluding carboxylic acids is 1. The van der Waals surface area contributed by atoms with E-state index >= 15 is 0 Å². The van der Waals surface area contributed by atoms with E-state index in [0.717, 1.165) is 52.2 Å². The van der Waals surface area contributed by atoms with Crippen LogP contribution in [0.4, 0.5) is 5.82 Å². The van der Waals surface area contributed by atoms with Gasteiger partial charge in [0.05, 0.1) is 5.52 Å². The molecule has 0 aliphatic heterocycles. The van der Waals surface area contributed by atoms with Gasteiger partial charge in [0.15, 0.2) is 5.82 Å². The summed E-state index contributed by atoms with van der Waals surface area (Å²) in [5.74, 6) is 0.587. The summed E-state index contributed by atoms with van der Waals surface area (Å²) >= 11 is 1.55. The normalized spacial score (nSPS) is 19.9. The lowest BCUT2D eigenvalue weighted by Crippen LogP contribution is -2.35. The molecule has 0 radical (unpaired) electrons. The number of fused-ring (bicyclic) bond motifs is 1. The van der Waals surface area contributed by atoms with E-state index in [4.69, 9.17) is 0 Å². The van der Waals surface area contributed by atoms with Gasteiger partial charge in [0, 0.05) is 22.9 Å². The Morgan fingerprint density at radius 1 is 1.07 bits per heavy atom. The quantitative estimate of drug-likeness (QED) is 0.726. The third-order valence-corrected chi connectivity index (χ3v) is 6.30. The highest BCUT2D eigenvalue weighted by Crippen LogP contribution is 2.29. The molecule has 7 nitrogen and oxygen atoms in total. The lowest BCUT2D eigenvalue weighted by atomic mass is 9.85. The second-order valence-corrected chi connectivity index (χ2v) is 8.77. The van der Waals surface area contributed by atoms with Crippen molar-refractivity contribution in [3.05, 3.63) is 29.3 Å². The largest absolute Gasteiger partial charge is 0.309 e. The number of amides is 1. The van der Waals surface area contributed by atoms with Crippen molar-refractivity contribution in [2.24, 2.45) is 5.92 Å². The Bertz CT molecular complexity index is 993. The number of nitrogens with one attached hydrogen (secondary N) is 1. The van der Waals surface area contributed by atoms with E-state index in [1.165, 1.54) is 0 Å². The molecule has 0 atom stereocenters. The Balaban J connectivity index is 1.49. The molecular weight excluding hydrogens is 372 g/mol. The van der Waals surface area contributed by atoms with E-state index in [-0.39, 0.29) is 11.8 Å². The number of hydrogen-bond donors (Lipinski definition) is 1. The van der Waals surface area contributed by atoms with Crippen LogP contribution in [0.15, 0.2) is 24.3 Å². The number of rotatable bonds is 4. The van der Waals surface area contributed by atoms with E-state index < -0.39 is 0 Å². The number of aromatic nitrogens is 4. The lowest BCUT2D eigenvalue weighted by Gasteiger charge is -2.31. The maximum atomic E-state index is 12.7. The fraction of sp³-hybridized carbons (Fsp3) is 0.450. The zero-order chi connectivity index (χ0) is 19.7. The molecule has 2 heterocycles. The summed E-state index contributed by atoms with van der Waals surface area (Å²) < 4.78 is 0. The number of benzene rings is 1. The zero-order valence-corrected chi connectivity index (χ0v) is 17.2. The van der Waals surface area contributed by atoms with Gasteiger partial charge in [-0.15, -0.1) is 20.4 Å². The average Bonchev–Trinajstić information content (AvgIpc) is 3.14. The van der Waals surface area contributed by atoms with Gasteiger partial charge in [0.25, 0.3) is 0 Å². The van der Waals surface area contributed by atoms with Crippen molar-refractivity contribution >= 4 is 34.0 Å². The number of nitrogens with zero attached hydrogens (tertiary/aromatic N) is 5. The molecule has 1 saturated carbocycles. The van der Waals surface area contributed by atoms with Gasteiger partial charge in [0.1, 0.15) is 10.0 Å². The van der Waals surface area contributed by atoms with Gasteiger partial charge in [-0.05, 0) is 71.0 Å². The first-order valence-corrected chi connectivity index (χ1v) is 10.4. The average molecular weight is 397 g/mol. The number of aryl methyl sites for hydroxylation is 1. The minimum Gasteiger partial charge on any atom is -0.309 e. The van der Waals surface area contributed by atoms with Gasteiger partial charge < -0.3 is 10.2 Å². The molecule has 0 unspecified atom stereocenters. The fourth-order valence-electron chi connectivity index (χ4n) is 3.74. The van der Waals surface area contributed by atoms with Crippen molar-refractivity contribution < 1.29 is 4.79 Å². The van der Waals surface area contributed by atoms with Crippen molar-refractivity contribution in [1.29, 1.82) is 0 Å². The van der Waals surface area contributed by atoms with Crippen LogP contribution in [0.2, 0.25) is 0 Å². The summed E-state index contributed by atoms with van der Waals surface area (Å²) in [5, 5.41) is 22.4. The minimum absolute atomic E-state index is 0.0433. The van der Waals surface area contributed by atoms with Gasteiger partial charge in [0.2, 0.25) is 5.91 Å². The second-order valence-electron chi connectivity index (χ2n) is 7.59. The van der Waals surface area contributed by atoms with Crippen LogP contribution in [-0.2, 0) is 4.79 Å². The van der Waals surface area contributed by atoms with Crippen molar-refractivity contribution in [3.8, 4) is 10.6 Å². The topological polar surface area (TPSA) is 83.9 Å². The molecule has 2 aromatic heterocycles. The highest BCUT2D eigenvalue weighted by atomic mass is 32.1. The Kier molecular flexibility index (Phi) is 5.32. The summed E-state index contributed by atoms with van der Waals surface area (Å²) in [7, 11) is 4.21. The molecule has 0 spiro atoms. The van der Waals surface area contributed by atoms with E-state index in [1.807, 2.05) is 31.2 Å². The highest BCUT2D eigenvalue weighted by molar-refractivity contribution is 7.14. The number of anilines is 1. The van der Waals surface area contributed by atoms with E-state index in [9.17, 15) is 4.79 Å². The summed E-state index contributed by atoms with van der Waals surface area (Å²) in [6.45, 7) is 1.94. The monoisotopic (exact) mass is 396 g/mol. The van der Waals surface area contributed by atoms with Gasteiger partial charge in [-0.1, -0.05) is 11.3 Å². The molecule has 1 aromatic carbocycles. The summed E-state index contributed by atoms with van der Waals surface area (Å²) in [5.41, 5.74) is 1.78. The van der Waals surface area contributed by atoms with E-state index in [2.05, 4.69) is 44.7 Å². The molecule has 146 valence electrons. The molecule has 4 rings (SSSR count). The molecule has 1 fully saturated rings. The van der Waals surface area contributed by atoms with Crippen LogP contribution < -0.4 is 5.32 Å². The van der Waals surface area contributed by atoms with E-state index in [1.54, 1.807) is 11.3 Å². The van der Waals surface area contributed by atoms with E-state index in [0.29, 0.717) is 11.9 Å². The molecule has 28 heavy (non-hydrogen) atoms. The zero-order valence-electron chi connectivity index (χ0n) is 16.3. The van der Waals surface area contributed by atoms with Gasteiger partial charge in [-0.3, -0.25) is 4.79 Å². The molecule has 0 bridgehead atoms. The van der Waals surface area contributed by atoms with Crippen LogP contribution in [0.5, 0.6) is 0 Å². The predicted molar refractivity (Wildman–Crippen MR) is 111 cm³/mol. The molecule has 1 aliphatic carbocycles. The standard InChI is InChI=1S/C20H24N6OS/c1-12-22-25-20(28-12)14-6-9-17-15(10-14)11-18(24-23-17)21-19(27)13-4-7-16(8-5-13)26(2)3/h6,9-11,13,16H,4-5,7-8H2,1-3H3,(H,21,24,27)/t13-,16-. The van der Waals surface area contributed by atoms with Crippen LogP contribution in [0.1, 0.15) is 30.7 Å². The molecular formula is C20H24N6OS. The Hall–Kier alpha value is -2.45. The number of hydrogen-bond acceptors (Lipinski definition) is 7. The van der Waals surface area contributed by atoms with Crippen molar-refractivity contribution in [1.82, 2.24) is 25.3 Å². The maximum absolute atomic E-state index is 12.7. The smallest absolute Gasteiger partial charge is 0.228 e. The van der Waals surface area contributed by atoms with Gasteiger partial charge >= 0.3 is 0 Å². The lowest BCUT2D eigenvalue weighted by molar-refractivity contribution is -0.121. The summed E-state index contributed by atoms with van der Waals surface area (Å²) in [4.78, 5) is 14.9. The van der Waals surface area contributed by atoms with Gasteiger partial charge in [-0.25, -0.2) is 0 Å². The van der Waals surface area contributed by atoms with Crippen LogP contribution in [0.3, 0.4) is 0 Å². The Labute approximate surface area is 168 Å². The molecule has 8 heteroatoms. The van der Waals surface area contributed by atoms with Crippen LogP contribution in [0.25, 0.3) is 21.5 Å². The molecule has 0 saturated heterocycles. The number of carbonyl (C=O) groups is 1. The molecule has 1 amide bonds. The summed E-state index contributed by atoms with van der Waals surface area (Å²) in [6.07, 6.45) is 3.94. The SMILES string of the molecule is Cc1nnc(-c2ccc3nnc(NC(=O)[C@H]4CC[C@H](N(C)C)CC4)cc3c2)s1. The third-order valence-electron chi connectivity index (χ3n) is 5.41. The molecule has 3 aromatic rings. The first-order valence-electron chi connectivity index (χ1n) is 9.55. The third kappa shape index (κ3) is 4.02. The van der Waals surface area contributed by atoms with Crippen molar-refractivity contribution in [2.75, 3.05) is 19.4 Å². The highest BCUT2D eigenvalue weighted by Gasteiger charge is 2.27. The fourth-order valence-corrected chi connectivity index (χ4v) is 4.42. The molecule has 1 N–H and O–H groups in total. The maximum Gasteiger partial charge on any atom is 0.228 e. The molecule has 1 aliphatic rings. The van der Waals surface area contributed by atoms with Crippen molar-refractivity contribution in [2.45, 2.75) is 38.6 Å². The van der Waals surface area contributed by atoms with Gasteiger partial charge in [-0.2, -0.15) is 0 Å². The van der Waals surface area contributed by atoms with Crippen LogP contribution in [-0.4, -0.2) is 51.3 Å². The summed E-state index contributed by atoms with van der Waals surface area (Å²) in [6, 6.07) is 8.36. The predicted octanol–water partition coefficient (Wildman–Crippen LogP) is 3.52. The Morgan fingerprint density at radius 2 is 1.86 bits per heavy atom. The minimum atomic E-state index is 0.0433.